The van der Waals surface area contributed by atoms with Gasteiger partial charge in [0.25, 0.3) is 5.56 Å². The molecular weight excluding hydrogens is 446 g/mol. The lowest BCUT2D eigenvalue weighted by Gasteiger charge is -2.18. The van der Waals surface area contributed by atoms with Crippen molar-refractivity contribution in [2.24, 2.45) is 5.92 Å². The molecule has 1 N–H and O–H groups in total. The number of para-hydroxylation sites is 1. The monoisotopic (exact) mass is 477 g/mol. The third-order valence-electron chi connectivity index (χ3n) is 5.86. The second kappa shape index (κ2) is 10.9. The van der Waals surface area contributed by atoms with Crippen molar-refractivity contribution in [1.82, 2.24) is 24.5 Å². The number of hydrogen-bond acceptors (Lipinski definition) is 5. The van der Waals surface area contributed by atoms with Crippen molar-refractivity contribution in [3.8, 4) is 0 Å². The van der Waals surface area contributed by atoms with Crippen LogP contribution in [-0.4, -0.2) is 30.8 Å². The number of thioether (sulfide) groups is 1. The Bertz CT molecular complexity index is 1330. The number of fused-ring (bicyclic) bond motifs is 3. The van der Waals surface area contributed by atoms with Crippen LogP contribution in [0.15, 0.2) is 64.5 Å². The fourth-order valence-corrected chi connectivity index (χ4v) is 4.83. The molecular formula is C26H31N5O2S. The summed E-state index contributed by atoms with van der Waals surface area (Å²) in [4.78, 5) is 26.0. The Balaban J connectivity index is 1.60. The molecule has 0 radical (unpaired) electrons. The van der Waals surface area contributed by atoms with Crippen LogP contribution in [0.5, 0.6) is 0 Å². The van der Waals surface area contributed by atoms with Gasteiger partial charge >= 0.3 is 0 Å². The highest BCUT2D eigenvalue weighted by atomic mass is 32.2. The molecule has 0 aliphatic carbocycles. The predicted molar refractivity (Wildman–Crippen MR) is 137 cm³/mol. The van der Waals surface area contributed by atoms with Crippen LogP contribution in [0.25, 0.3) is 16.7 Å². The van der Waals surface area contributed by atoms with E-state index in [1.807, 2.05) is 59.0 Å². The van der Waals surface area contributed by atoms with Crippen LogP contribution in [-0.2, 0) is 11.3 Å². The van der Waals surface area contributed by atoms with E-state index in [4.69, 9.17) is 0 Å². The van der Waals surface area contributed by atoms with Gasteiger partial charge in [0, 0.05) is 6.54 Å². The number of rotatable bonds is 10. The number of carbonyl (C=O) groups excluding carboxylic acids is 1. The minimum absolute atomic E-state index is 0.0171. The van der Waals surface area contributed by atoms with E-state index in [0.717, 1.165) is 30.3 Å². The molecule has 0 saturated heterocycles. The molecule has 7 nitrogen and oxygen atoms in total. The molecule has 4 aromatic rings. The van der Waals surface area contributed by atoms with Crippen LogP contribution >= 0.6 is 11.8 Å². The number of carbonyl (C=O) groups is 1. The number of nitrogens with one attached hydrogen (secondary N) is 1. The van der Waals surface area contributed by atoms with Crippen molar-refractivity contribution in [2.45, 2.75) is 57.8 Å². The second-order valence-electron chi connectivity index (χ2n) is 8.88. The molecule has 1 atom stereocenters. The molecule has 178 valence electrons. The van der Waals surface area contributed by atoms with Gasteiger partial charge in [0.15, 0.2) is 5.16 Å². The third-order valence-corrected chi connectivity index (χ3v) is 6.78. The molecule has 2 aromatic heterocycles. The molecule has 0 spiro atoms. The lowest BCUT2D eigenvalue weighted by molar-refractivity contribution is -0.119. The summed E-state index contributed by atoms with van der Waals surface area (Å²) in [7, 11) is 0. The Kier molecular flexibility index (Phi) is 7.67. The molecule has 0 aliphatic heterocycles. The van der Waals surface area contributed by atoms with Gasteiger partial charge in [-0.1, -0.05) is 81.4 Å². The number of amides is 1. The molecule has 8 heteroatoms. The highest BCUT2D eigenvalue weighted by molar-refractivity contribution is 7.99. The summed E-state index contributed by atoms with van der Waals surface area (Å²) in [6.45, 7) is 6.95. The minimum atomic E-state index is -0.0595. The topological polar surface area (TPSA) is 81.3 Å². The Morgan fingerprint density at radius 3 is 2.50 bits per heavy atom. The first-order valence-electron chi connectivity index (χ1n) is 11.8. The lowest BCUT2D eigenvalue weighted by Crippen LogP contribution is -2.30. The van der Waals surface area contributed by atoms with E-state index in [0.29, 0.717) is 28.8 Å². The predicted octanol–water partition coefficient (Wildman–Crippen LogP) is 4.84. The second-order valence-corrected chi connectivity index (χ2v) is 9.83. The Morgan fingerprint density at radius 1 is 1.03 bits per heavy atom. The van der Waals surface area contributed by atoms with Crippen molar-refractivity contribution < 1.29 is 4.79 Å². The number of aryl methyl sites for hydroxylation is 1. The summed E-state index contributed by atoms with van der Waals surface area (Å²) in [5.41, 5.74) is 1.80. The molecule has 0 saturated carbocycles. The maximum absolute atomic E-state index is 13.2. The number of aromatic nitrogens is 4. The summed E-state index contributed by atoms with van der Waals surface area (Å²) < 4.78 is 3.60. The van der Waals surface area contributed by atoms with Crippen molar-refractivity contribution in [3.63, 3.8) is 0 Å². The van der Waals surface area contributed by atoms with E-state index in [9.17, 15) is 9.59 Å². The largest absolute Gasteiger partial charge is 0.349 e. The lowest BCUT2D eigenvalue weighted by atomic mass is 10.0. The van der Waals surface area contributed by atoms with E-state index < -0.39 is 0 Å². The first-order chi connectivity index (χ1) is 16.5. The van der Waals surface area contributed by atoms with Gasteiger partial charge in [0.1, 0.15) is 0 Å². The van der Waals surface area contributed by atoms with E-state index in [-0.39, 0.29) is 23.3 Å². The molecule has 0 bridgehead atoms. The number of hydrogen-bond donors (Lipinski definition) is 1. The molecule has 1 amide bonds. The quantitative estimate of drug-likeness (QED) is 0.331. The van der Waals surface area contributed by atoms with E-state index in [1.54, 1.807) is 4.57 Å². The molecule has 0 unspecified atom stereocenters. The highest BCUT2D eigenvalue weighted by Gasteiger charge is 2.19. The number of nitrogens with zero attached hydrogens (tertiary/aromatic N) is 4. The summed E-state index contributed by atoms with van der Waals surface area (Å²) in [5, 5.41) is 13.1. The minimum Gasteiger partial charge on any atom is -0.349 e. The van der Waals surface area contributed by atoms with Crippen molar-refractivity contribution >= 4 is 34.3 Å². The van der Waals surface area contributed by atoms with Gasteiger partial charge in [-0.05, 0) is 36.5 Å². The van der Waals surface area contributed by atoms with E-state index >= 15 is 0 Å². The standard InChI is InChI=1S/C26H31N5O2S/c1-4-10-21(19-11-6-5-7-12-19)27-23(32)17-34-26-29-28-25-30(16-15-18(2)3)24(33)20-13-8-9-14-22(20)31(25)26/h5-9,11-14,18,21H,4,10,15-17H2,1-3H3,(H,27,32)/t21-/m1/s1. The average Bonchev–Trinajstić information content (AvgIpc) is 3.27. The van der Waals surface area contributed by atoms with Gasteiger partial charge in [0.2, 0.25) is 11.7 Å². The van der Waals surface area contributed by atoms with Crippen LogP contribution < -0.4 is 10.9 Å². The molecule has 34 heavy (non-hydrogen) atoms. The third kappa shape index (κ3) is 5.17. The van der Waals surface area contributed by atoms with Gasteiger partial charge in [-0.25, -0.2) is 0 Å². The summed E-state index contributed by atoms with van der Waals surface area (Å²) in [5.74, 6) is 1.13. The Hall–Kier alpha value is -3.13. The normalized spacial score (nSPS) is 12.5. The Morgan fingerprint density at radius 2 is 1.76 bits per heavy atom. The smallest absolute Gasteiger partial charge is 0.262 e. The van der Waals surface area contributed by atoms with Gasteiger partial charge in [-0.2, -0.15) is 0 Å². The van der Waals surface area contributed by atoms with Crippen LogP contribution in [0.3, 0.4) is 0 Å². The molecule has 4 rings (SSSR count). The average molecular weight is 478 g/mol. The van der Waals surface area contributed by atoms with Crippen molar-refractivity contribution in [3.05, 3.63) is 70.5 Å². The number of benzene rings is 2. The van der Waals surface area contributed by atoms with Crippen LogP contribution in [0.2, 0.25) is 0 Å². The summed E-state index contributed by atoms with van der Waals surface area (Å²) in [6, 6.07) is 17.5. The molecule has 2 heterocycles. The highest BCUT2D eigenvalue weighted by Crippen LogP contribution is 2.23. The van der Waals surface area contributed by atoms with E-state index in [1.165, 1.54) is 11.8 Å². The first-order valence-corrected chi connectivity index (χ1v) is 12.8. The SMILES string of the molecule is CCC[C@@H](NC(=O)CSc1nnc2n(CCC(C)C)c(=O)c3ccccc3n12)c1ccccc1. The summed E-state index contributed by atoms with van der Waals surface area (Å²) >= 11 is 1.34. The van der Waals surface area contributed by atoms with Gasteiger partial charge in [0.05, 0.1) is 22.7 Å². The van der Waals surface area contributed by atoms with Gasteiger partial charge < -0.3 is 5.32 Å². The molecule has 0 fully saturated rings. The zero-order valence-electron chi connectivity index (χ0n) is 19.9. The maximum atomic E-state index is 13.2. The molecule has 2 aromatic carbocycles. The fraction of sp³-hybridized carbons (Fsp3) is 0.385. The van der Waals surface area contributed by atoms with Gasteiger partial charge in [-0.3, -0.25) is 18.6 Å². The first kappa shape index (κ1) is 24.0. The van der Waals surface area contributed by atoms with E-state index in [2.05, 4.69) is 36.3 Å². The maximum Gasteiger partial charge on any atom is 0.262 e. The van der Waals surface area contributed by atoms with Crippen molar-refractivity contribution in [2.75, 3.05) is 5.75 Å². The van der Waals surface area contributed by atoms with Gasteiger partial charge in [-0.15, -0.1) is 10.2 Å². The molecule has 0 aliphatic rings. The van der Waals surface area contributed by atoms with Crippen LogP contribution in [0, 0.1) is 5.92 Å². The summed E-state index contributed by atoms with van der Waals surface area (Å²) in [6.07, 6.45) is 2.71. The zero-order valence-corrected chi connectivity index (χ0v) is 20.7. The van der Waals surface area contributed by atoms with Crippen molar-refractivity contribution in [1.29, 1.82) is 0 Å². The zero-order chi connectivity index (χ0) is 24.1. The fourth-order valence-electron chi connectivity index (χ4n) is 4.08. The van der Waals surface area contributed by atoms with Crippen LogP contribution in [0.1, 0.15) is 51.6 Å². The Labute approximate surface area is 203 Å². The van der Waals surface area contributed by atoms with Crippen LogP contribution in [0.4, 0.5) is 0 Å².